The topological polar surface area (TPSA) is 72.4 Å². The summed E-state index contributed by atoms with van der Waals surface area (Å²) in [5.41, 5.74) is 0. The van der Waals surface area contributed by atoms with E-state index in [9.17, 15) is 8.42 Å². The molecule has 0 N–H and O–H groups in total. The molecule has 1 unspecified atom stereocenters. The number of nitrogens with zero attached hydrogens (tertiary/aromatic N) is 3. The summed E-state index contributed by atoms with van der Waals surface area (Å²) in [5.74, 6) is 1.38. The average Bonchev–Trinajstić information content (AvgIpc) is 2.86. The molecule has 1 saturated heterocycles. The minimum Gasteiger partial charge on any atom is -0.473 e. The Kier molecular flexibility index (Phi) is 4.93. The van der Waals surface area contributed by atoms with Gasteiger partial charge in [-0.3, -0.25) is 0 Å². The summed E-state index contributed by atoms with van der Waals surface area (Å²) in [6.45, 7) is 4.72. The highest BCUT2D eigenvalue weighted by Crippen LogP contribution is 2.19. The highest BCUT2D eigenvalue weighted by molar-refractivity contribution is 7.89. The van der Waals surface area contributed by atoms with Crippen LogP contribution in [-0.2, 0) is 10.0 Å². The van der Waals surface area contributed by atoms with Crippen molar-refractivity contribution in [2.45, 2.75) is 39.2 Å². The van der Waals surface area contributed by atoms with Crippen molar-refractivity contribution < 1.29 is 13.2 Å². The van der Waals surface area contributed by atoms with E-state index in [1.165, 1.54) is 4.31 Å². The first-order chi connectivity index (χ1) is 9.51. The molecule has 0 spiro atoms. The summed E-state index contributed by atoms with van der Waals surface area (Å²) in [7, 11) is -3.13. The third-order valence-electron chi connectivity index (χ3n) is 3.29. The highest BCUT2D eigenvalue weighted by Gasteiger charge is 2.32. The third-order valence-corrected chi connectivity index (χ3v) is 5.22. The summed E-state index contributed by atoms with van der Waals surface area (Å²) >= 11 is 0. The summed E-state index contributed by atoms with van der Waals surface area (Å²) < 4.78 is 31.4. The van der Waals surface area contributed by atoms with E-state index in [0.717, 1.165) is 6.42 Å². The van der Waals surface area contributed by atoms with E-state index >= 15 is 0 Å². The van der Waals surface area contributed by atoms with Gasteiger partial charge in [0.1, 0.15) is 11.9 Å². The van der Waals surface area contributed by atoms with Crippen molar-refractivity contribution in [3.63, 3.8) is 0 Å². The molecule has 20 heavy (non-hydrogen) atoms. The van der Waals surface area contributed by atoms with Gasteiger partial charge in [0, 0.05) is 18.8 Å². The molecule has 2 heterocycles. The Morgan fingerprint density at radius 2 is 2.30 bits per heavy atom. The van der Waals surface area contributed by atoms with Crippen LogP contribution in [0.3, 0.4) is 0 Å². The van der Waals surface area contributed by atoms with Gasteiger partial charge < -0.3 is 4.74 Å². The number of hydrogen-bond donors (Lipinski definition) is 0. The summed E-state index contributed by atoms with van der Waals surface area (Å²) in [4.78, 5) is 8.18. The highest BCUT2D eigenvalue weighted by atomic mass is 32.2. The van der Waals surface area contributed by atoms with E-state index in [1.54, 1.807) is 19.2 Å². The Bertz CT molecular complexity index is 548. The average molecular weight is 299 g/mol. The zero-order chi connectivity index (χ0) is 14.6. The lowest BCUT2D eigenvalue weighted by molar-refractivity contribution is 0.206. The second-order valence-electron chi connectivity index (χ2n) is 5.00. The molecule has 1 aliphatic heterocycles. The molecule has 112 valence electrons. The molecule has 0 aromatic carbocycles. The normalized spacial score (nSPS) is 20.2. The van der Waals surface area contributed by atoms with Crippen LogP contribution in [0.25, 0.3) is 0 Å². The predicted molar refractivity (Wildman–Crippen MR) is 76.1 cm³/mol. The van der Waals surface area contributed by atoms with E-state index in [2.05, 4.69) is 9.97 Å². The van der Waals surface area contributed by atoms with E-state index in [-0.39, 0.29) is 11.9 Å². The van der Waals surface area contributed by atoms with Gasteiger partial charge in [-0.25, -0.2) is 13.4 Å². The van der Waals surface area contributed by atoms with Gasteiger partial charge in [-0.15, -0.1) is 0 Å². The van der Waals surface area contributed by atoms with Crippen LogP contribution in [-0.4, -0.2) is 47.6 Å². The van der Waals surface area contributed by atoms with Crippen molar-refractivity contribution in [3.05, 3.63) is 18.1 Å². The molecule has 0 amide bonds. The van der Waals surface area contributed by atoms with Gasteiger partial charge >= 0.3 is 0 Å². The first kappa shape index (κ1) is 15.2. The lowest BCUT2D eigenvalue weighted by Crippen LogP contribution is -2.32. The van der Waals surface area contributed by atoms with Crippen LogP contribution < -0.4 is 4.74 Å². The van der Waals surface area contributed by atoms with Crippen LogP contribution in [0.15, 0.2) is 12.3 Å². The first-order valence-electron chi connectivity index (χ1n) is 6.95. The zero-order valence-electron chi connectivity index (χ0n) is 11.9. The SMILES string of the molecule is CCCCS(=O)(=O)N1CCC(Oc2ccnc(C)n2)C1. The molecule has 2 rings (SSSR count). The van der Waals surface area contributed by atoms with Gasteiger partial charge in [0.05, 0.1) is 12.3 Å². The smallest absolute Gasteiger partial charge is 0.216 e. The molecule has 0 radical (unpaired) electrons. The number of rotatable bonds is 6. The van der Waals surface area contributed by atoms with E-state index in [0.29, 0.717) is 37.6 Å². The molecule has 6 nitrogen and oxygen atoms in total. The van der Waals surface area contributed by atoms with Gasteiger partial charge in [0.2, 0.25) is 15.9 Å². The summed E-state index contributed by atoms with van der Waals surface area (Å²) in [6.07, 6.45) is 3.81. The second-order valence-corrected chi connectivity index (χ2v) is 7.09. The largest absolute Gasteiger partial charge is 0.473 e. The quantitative estimate of drug-likeness (QED) is 0.793. The van der Waals surface area contributed by atoms with E-state index in [4.69, 9.17) is 4.74 Å². The molecule has 0 bridgehead atoms. The Labute approximate surface area is 120 Å². The van der Waals surface area contributed by atoms with Crippen LogP contribution >= 0.6 is 0 Å². The number of sulfonamides is 1. The molecule has 1 aromatic rings. The van der Waals surface area contributed by atoms with Crippen LogP contribution in [0.1, 0.15) is 32.0 Å². The molecule has 1 aromatic heterocycles. The predicted octanol–water partition coefficient (Wildman–Crippen LogP) is 1.37. The molecule has 7 heteroatoms. The van der Waals surface area contributed by atoms with E-state index < -0.39 is 10.0 Å². The van der Waals surface area contributed by atoms with Crippen LogP contribution in [0, 0.1) is 6.92 Å². The Morgan fingerprint density at radius 1 is 1.50 bits per heavy atom. The number of aryl methyl sites for hydroxylation is 1. The van der Waals surface area contributed by atoms with Crippen molar-refractivity contribution in [1.29, 1.82) is 0 Å². The van der Waals surface area contributed by atoms with Crippen molar-refractivity contribution in [2.75, 3.05) is 18.8 Å². The number of aromatic nitrogens is 2. The monoisotopic (exact) mass is 299 g/mol. The molecule has 1 aliphatic rings. The maximum absolute atomic E-state index is 12.1. The lowest BCUT2D eigenvalue weighted by atomic mass is 10.3. The van der Waals surface area contributed by atoms with Gasteiger partial charge in [-0.2, -0.15) is 9.29 Å². The minimum absolute atomic E-state index is 0.124. The van der Waals surface area contributed by atoms with Gasteiger partial charge in [0.25, 0.3) is 0 Å². The Morgan fingerprint density at radius 3 is 3.00 bits per heavy atom. The van der Waals surface area contributed by atoms with Crippen molar-refractivity contribution >= 4 is 10.0 Å². The van der Waals surface area contributed by atoms with Crippen LogP contribution in [0.5, 0.6) is 5.88 Å². The van der Waals surface area contributed by atoms with Crippen molar-refractivity contribution in [3.8, 4) is 5.88 Å². The fourth-order valence-corrected chi connectivity index (χ4v) is 3.86. The number of hydrogen-bond acceptors (Lipinski definition) is 5. The van der Waals surface area contributed by atoms with E-state index in [1.807, 2.05) is 6.92 Å². The molecular formula is C13H21N3O3S. The standard InChI is InChI=1S/C13H21N3O3S/c1-3-4-9-20(17,18)16-8-6-12(10-16)19-13-5-7-14-11(2)15-13/h5,7,12H,3-4,6,8-10H2,1-2H3. The third kappa shape index (κ3) is 3.89. The Balaban J connectivity index is 1.92. The fourth-order valence-electron chi connectivity index (χ4n) is 2.17. The molecule has 1 fully saturated rings. The first-order valence-corrected chi connectivity index (χ1v) is 8.56. The minimum atomic E-state index is -3.13. The number of ether oxygens (including phenoxy) is 1. The van der Waals surface area contributed by atoms with Gasteiger partial charge in [-0.05, 0) is 19.8 Å². The van der Waals surface area contributed by atoms with Crippen LogP contribution in [0.4, 0.5) is 0 Å². The number of unbranched alkanes of at least 4 members (excludes halogenated alkanes) is 1. The second kappa shape index (κ2) is 6.49. The fraction of sp³-hybridized carbons (Fsp3) is 0.692. The summed E-state index contributed by atoms with van der Waals surface area (Å²) in [6, 6.07) is 1.70. The van der Waals surface area contributed by atoms with Crippen molar-refractivity contribution in [2.24, 2.45) is 0 Å². The van der Waals surface area contributed by atoms with Crippen molar-refractivity contribution in [1.82, 2.24) is 14.3 Å². The maximum Gasteiger partial charge on any atom is 0.216 e. The Hall–Kier alpha value is -1.21. The lowest BCUT2D eigenvalue weighted by Gasteiger charge is -2.16. The van der Waals surface area contributed by atoms with Gasteiger partial charge in [-0.1, -0.05) is 13.3 Å². The maximum atomic E-state index is 12.1. The van der Waals surface area contributed by atoms with Crippen LogP contribution in [0.2, 0.25) is 0 Å². The summed E-state index contributed by atoms with van der Waals surface area (Å²) in [5, 5.41) is 0. The van der Waals surface area contributed by atoms with Gasteiger partial charge in [0.15, 0.2) is 0 Å². The zero-order valence-corrected chi connectivity index (χ0v) is 12.8. The molecule has 0 aliphatic carbocycles. The molecular weight excluding hydrogens is 278 g/mol. The molecule has 0 saturated carbocycles. The molecule has 1 atom stereocenters.